The number of hydrogen-bond donors (Lipinski definition) is 1. The summed E-state index contributed by atoms with van der Waals surface area (Å²) in [5.74, 6) is 0.190. The Morgan fingerprint density at radius 2 is 2.23 bits per heavy atom. The van der Waals surface area contributed by atoms with Crippen LogP contribution in [0.25, 0.3) is 10.1 Å². The molecule has 0 aliphatic rings. The molecule has 0 atom stereocenters. The minimum Gasteiger partial charge on any atom is -0.506 e. The lowest BCUT2D eigenvalue weighted by Gasteiger charge is -1.99. The van der Waals surface area contributed by atoms with Crippen LogP contribution < -0.4 is 0 Å². The van der Waals surface area contributed by atoms with Gasteiger partial charge in [-0.15, -0.1) is 11.3 Å². The third-order valence-electron chi connectivity index (χ3n) is 1.88. The summed E-state index contributed by atoms with van der Waals surface area (Å²) in [6, 6.07) is 3.64. The van der Waals surface area contributed by atoms with E-state index in [1.54, 1.807) is 17.4 Å². The van der Waals surface area contributed by atoms with Gasteiger partial charge < -0.3 is 5.11 Å². The lowest BCUT2D eigenvalue weighted by molar-refractivity contribution is 0.482. The van der Waals surface area contributed by atoms with E-state index in [1.165, 1.54) is 0 Å². The molecule has 0 aliphatic heterocycles. The molecule has 2 rings (SSSR count). The van der Waals surface area contributed by atoms with Crippen LogP contribution in [0.3, 0.4) is 0 Å². The predicted molar refractivity (Wildman–Crippen MR) is 61.1 cm³/mol. The van der Waals surface area contributed by atoms with Crippen LogP contribution in [-0.4, -0.2) is 5.11 Å². The number of thiophene rings is 1. The fourth-order valence-corrected chi connectivity index (χ4v) is 3.02. The van der Waals surface area contributed by atoms with Crippen molar-refractivity contribution in [2.45, 2.75) is 5.33 Å². The molecule has 68 valence electrons. The number of aromatic hydroxyl groups is 1. The molecule has 0 bridgehead atoms. The van der Waals surface area contributed by atoms with Crippen LogP contribution >= 0.6 is 38.9 Å². The Morgan fingerprint density at radius 3 is 2.92 bits per heavy atom. The van der Waals surface area contributed by atoms with Gasteiger partial charge in [0.15, 0.2) is 0 Å². The Kier molecular flexibility index (Phi) is 2.49. The Labute approximate surface area is 93.1 Å². The summed E-state index contributed by atoms with van der Waals surface area (Å²) in [4.78, 5) is 0. The molecule has 13 heavy (non-hydrogen) atoms. The molecular formula is C9H6BrClOS. The largest absolute Gasteiger partial charge is 0.506 e. The van der Waals surface area contributed by atoms with Crippen molar-refractivity contribution in [3.05, 3.63) is 28.1 Å². The van der Waals surface area contributed by atoms with E-state index in [-0.39, 0.29) is 5.75 Å². The lowest BCUT2D eigenvalue weighted by atomic mass is 10.2. The standard InChI is InChI=1S/C9H6BrClOS/c10-3-5-4-13-7-2-1-6(11)9(12)8(5)7/h1-2,4,12H,3H2. The topological polar surface area (TPSA) is 20.2 Å². The maximum absolute atomic E-state index is 9.71. The number of hydrogen-bond acceptors (Lipinski definition) is 2. The Morgan fingerprint density at radius 1 is 1.46 bits per heavy atom. The lowest BCUT2D eigenvalue weighted by Crippen LogP contribution is -1.75. The fraction of sp³-hybridized carbons (Fsp3) is 0.111. The molecule has 1 nitrogen and oxygen atoms in total. The molecule has 0 saturated heterocycles. The molecule has 0 aliphatic carbocycles. The molecule has 0 amide bonds. The third-order valence-corrected chi connectivity index (χ3v) is 3.79. The van der Waals surface area contributed by atoms with E-state index in [0.717, 1.165) is 21.0 Å². The summed E-state index contributed by atoms with van der Waals surface area (Å²) < 4.78 is 1.07. The summed E-state index contributed by atoms with van der Waals surface area (Å²) in [5.41, 5.74) is 1.08. The Hall–Kier alpha value is -0.250. The highest BCUT2D eigenvalue weighted by molar-refractivity contribution is 9.08. The molecule has 0 saturated carbocycles. The molecule has 0 spiro atoms. The first kappa shape index (κ1) is 9.31. The molecule has 0 fully saturated rings. The molecule has 1 aromatic heterocycles. The van der Waals surface area contributed by atoms with Crippen molar-refractivity contribution in [2.24, 2.45) is 0 Å². The van der Waals surface area contributed by atoms with Gasteiger partial charge in [-0.05, 0) is 23.1 Å². The smallest absolute Gasteiger partial charge is 0.143 e. The van der Waals surface area contributed by atoms with Gasteiger partial charge in [0.25, 0.3) is 0 Å². The van der Waals surface area contributed by atoms with Gasteiger partial charge in [0, 0.05) is 15.4 Å². The summed E-state index contributed by atoms with van der Waals surface area (Å²) in [6.07, 6.45) is 0. The van der Waals surface area contributed by atoms with Crippen molar-refractivity contribution in [3.8, 4) is 5.75 Å². The third kappa shape index (κ3) is 1.45. The molecule has 4 heteroatoms. The molecule has 1 heterocycles. The Balaban J connectivity index is 2.85. The van der Waals surface area contributed by atoms with Gasteiger partial charge in [-0.25, -0.2) is 0 Å². The second kappa shape index (κ2) is 3.48. The minimum absolute atomic E-state index is 0.190. The van der Waals surface area contributed by atoms with E-state index >= 15 is 0 Å². The first-order chi connectivity index (χ1) is 6.24. The SMILES string of the molecule is Oc1c(Cl)ccc2scc(CBr)c12. The summed E-state index contributed by atoms with van der Waals surface area (Å²) in [7, 11) is 0. The van der Waals surface area contributed by atoms with Gasteiger partial charge in [-0.1, -0.05) is 27.5 Å². The number of rotatable bonds is 1. The van der Waals surface area contributed by atoms with Crippen LogP contribution in [0.15, 0.2) is 17.5 Å². The number of halogens is 2. The number of phenolic OH excluding ortho intramolecular Hbond substituents is 1. The van der Waals surface area contributed by atoms with Crippen molar-refractivity contribution < 1.29 is 5.11 Å². The average Bonchev–Trinajstić information content (AvgIpc) is 2.55. The van der Waals surface area contributed by atoms with Crippen molar-refractivity contribution in [1.82, 2.24) is 0 Å². The molecule has 0 unspecified atom stereocenters. The zero-order chi connectivity index (χ0) is 9.42. The number of benzene rings is 1. The second-order valence-electron chi connectivity index (χ2n) is 2.66. The van der Waals surface area contributed by atoms with E-state index in [0.29, 0.717) is 5.02 Å². The van der Waals surface area contributed by atoms with Gasteiger partial charge in [0.2, 0.25) is 0 Å². The van der Waals surface area contributed by atoms with E-state index in [4.69, 9.17) is 11.6 Å². The monoisotopic (exact) mass is 276 g/mol. The minimum atomic E-state index is 0.190. The second-order valence-corrected chi connectivity index (χ2v) is 4.54. The van der Waals surface area contributed by atoms with E-state index in [2.05, 4.69) is 15.9 Å². The van der Waals surface area contributed by atoms with Crippen LogP contribution in [0, 0.1) is 0 Å². The summed E-state index contributed by atoms with van der Waals surface area (Å²) >= 11 is 10.8. The number of fused-ring (bicyclic) bond motifs is 1. The maximum Gasteiger partial charge on any atom is 0.143 e. The molecule has 1 N–H and O–H groups in total. The van der Waals surface area contributed by atoms with Crippen LogP contribution in [0.2, 0.25) is 5.02 Å². The summed E-state index contributed by atoms with van der Waals surface area (Å²) in [5, 5.41) is 13.8. The van der Waals surface area contributed by atoms with Gasteiger partial charge in [0.05, 0.1) is 5.02 Å². The van der Waals surface area contributed by atoms with Crippen LogP contribution in [0.5, 0.6) is 5.75 Å². The number of alkyl halides is 1. The summed E-state index contributed by atoms with van der Waals surface area (Å²) in [6.45, 7) is 0. The quantitative estimate of drug-likeness (QED) is 0.776. The van der Waals surface area contributed by atoms with E-state index < -0.39 is 0 Å². The highest BCUT2D eigenvalue weighted by Crippen LogP contribution is 2.38. The maximum atomic E-state index is 9.71. The van der Waals surface area contributed by atoms with E-state index in [9.17, 15) is 5.11 Å². The highest BCUT2D eigenvalue weighted by atomic mass is 79.9. The van der Waals surface area contributed by atoms with Crippen LogP contribution in [-0.2, 0) is 5.33 Å². The van der Waals surface area contributed by atoms with Gasteiger partial charge in [0.1, 0.15) is 5.75 Å². The van der Waals surface area contributed by atoms with Crippen molar-refractivity contribution in [1.29, 1.82) is 0 Å². The van der Waals surface area contributed by atoms with E-state index in [1.807, 2.05) is 11.4 Å². The molecule has 2 aromatic rings. The predicted octanol–water partition coefficient (Wildman–Crippen LogP) is 4.16. The number of phenols is 1. The van der Waals surface area contributed by atoms with Gasteiger partial charge in [-0.3, -0.25) is 0 Å². The molecule has 1 aromatic carbocycles. The van der Waals surface area contributed by atoms with Gasteiger partial charge >= 0.3 is 0 Å². The van der Waals surface area contributed by atoms with Crippen LogP contribution in [0.1, 0.15) is 5.56 Å². The first-order valence-corrected chi connectivity index (χ1v) is 6.05. The molecule has 0 radical (unpaired) electrons. The normalized spacial score (nSPS) is 10.9. The zero-order valence-corrected chi connectivity index (χ0v) is 9.71. The highest BCUT2D eigenvalue weighted by Gasteiger charge is 2.10. The zero-order valence-electron chi connectivity index (χ0n) is 6.55. The van der Waals surface area contributed by atoms with Gasteiger partial charge in [-0.2, -0.15) is 0 Å². The Bertz CT molecular complexity index is 452. The molecular weight excluding hydrogens is 272 g/mol. The first-order valence-electron chi connectivity index (χ1n) is 3.67. The average molecular weight is 278 g/mol. The van der Waals surface area contributed by atoms with Crippen molar-refractivity contribution in [2.75, 3.05) is 0 Å². The fourth-order valence-electron chi connectivity index (χ4n) is 1.25. The van der Waals surface area contributed by atoms with Crippen LogP contribution in [0.4, 0.5) is 0 Å². The van der Waals surface area contributed by atoms with Crippen molar-refractivity contribution >= 4 is 49.0 Å². The van der Waals surface area contributed by atoms with Crippen molar-refractivity contribution in [3.63, 3.8) is 0 Å².